The van der Waals surface area contributed by atoms with E-state index in [1.54, 1.807) is 22.2 Å². The topological polar surface area (TPSA) is 47.8 Å². The average Bonchev–Trinajstić information content (AvgIpc) is 2.85. The van der Waals surface area contributed by atoms with Gasteiger partial charge in [0.05, 0.1) is 16.9 Å². The Balaban J connectivity index is 1.82. The van der Waals surface area contributed by atoms with Gasteiger partial charge in [-0.3, -0.25) is 9.48 Å². The van der Waals surface area contributed by atoms with E-state index in [9.17, 15) is 4.79 Å². The van der Waals surface area contributed by atoms with Gasteiger partial charge in [-0.1, -0.05) is 0 Å². The predicted molar refractivity (Wildman–Crippen MR) is 67.1 cm³/mol. The Bertz CT molecular complexity index is 515. The van der Waals surface area contributed by atoms with Crippen molar-refractivity contribution in [1.29, 1.82) is 0 Å². The number of rotatable bonds is 5. The highest BCUT2D eigenvalue weighted by atomic mass is 32.1. The predicted octanol–water partition coefficient (Wildman–Crippen LogP) is 1.93. The molecule has 0 atom stereocenters. The Kier molecular flexibility index (Phi) is 3.68. The number of carbonyl (C=O) groups is 1. The first-order valence-corrected chi connectivity index (χ1v) is 6.41. The van der Waals surface area contributed by atoms with E-state index in [1.165, 1.54) is 0 Å². The lowest BCUT2D eigenvalue weighted by atomic mass is 10.1. The van der Waals surface area contributed by atoms with Crippen LogP contribution < -0.4 is 0 Å². The number of nitrogens with zero attached hydrogens (tertiary/aromatic N) is 3. The molecule has 0 saturated carbocycles. The summed E-state index contributed by atoms with van der Waals surface area (Å²) in [4.78, 5) is 16.0. The monoisotopic (exact) mass is 249 g/mol. The molecular weight excluding hydrogens is 234 g/mol. The molecule has 5 heteroatoms. The molecule has 0 N–H and O–H groups in total. The molecular formula is C12H15N3OS. The van der Waals surface area contributed by atoms with E-state index < -0.39 is 0 Å². The zero-order chi connectivity index (χ0) is 12.3. The molecule has 0 aliphatic heterocycles. The molecule has 2 aromatic rings. The second-order valence-corrected chi connectivity index (χ2v) is 5.16. The van der Waals surface area contributed by atoms with Crippen LogP contribution in [0, 0.1) is 6.92 Å². The van der Waals surface area contributed by atoms with E-state index in [1.807, 2.05) is 25.5 Å². The normalized spacial score (nSPS) is 10.7. The molecule has 2 heterocycles. The second-order valence-electron chi connectivity index (χ2n) is 4.10. The third kappa shape index (κ3) is 3.49. The van der Waals surface area contributed by atoms with E-state index in [0.29, 0.717) is 12.8 Å². The van der Waals surface area contributed by atoms with Gasteiger partial charge in [-0.05, 0) is 18.9 Å². The molecule has 0 radical (unpaired) electrons. The fourth-order valence-electron chi connectivity index (χ4n) is 1.66. The summed E-state index contributed by atoms with van der Waals surface area (Å²) < 4.78 is 1.75. The fourth-order valence-corrected chi connectivity index (χ4v) is 2.28. The molecule has 0 amide bonds. The Hall–Kier alpha value is -1.49. The van der Waals surface area contributed by atoms with E-state index in [0.717, 1.165) is 22.7 Å². The third-order valence-electron chi connectivity index (χ3n) is 2.50. The maximum absolute atomic E-state index is 11.7. The van der Waals surface area contributed by atoms with Gasteiger partial charge in [0.1, 0.15) is 5.78 Å². The van der Waals surface area contributed by atoms with Crippen LogP contribution in [0.4, 0.5) is 0 Å². The highest BCUT2D eigenvalue weighted by Gasteiger charge is 2.07. The fraction of sp³-hybridized carbons (Fsp3) is 0.417. The number of hydrogen-bond acceptors (Lipinski definition) is 4. The third-order valence-corrected chi connectivity index (χ3v) is 3.32. The first-order valence-electron chi connectivity index (χ1n) is 5.54. The van der Waals surface area contributed by atoms with Gasteiger partial charge in [0, 0.05) is 31.5 Å². The lowest BCUT2D eigenvalue weighted by Gasteiger charge is -1.97. The zero-order valence-corrected chi connectivity index (χ0v) is 10.8. The first kappa shape index (κ1) is 12.0. The van der Waals surface area contributed by atoms with Gasteiger partial charge in [-0.15, -0.1) is 11.3 Å². The lowest BCUT2D eigenvalue weighted by molar-refractivity contribution is -0.118. The van der Waals surface area contributed by atoms with Crippen LogP contribution >= 0.6 is 11.3 Å². The number of hydrogen-bond donors (Lipinski definition) is 0. The van der Waals surface area contributed by atoms with Crippen LogP contribution in [0.5, 0.6) is 0 Å². The minimum atomic E-state index is 0.235. The molecule has 4 nitrogen and oxygen atoms in total. The summed E-state index contributed by atoms with van der Waals surface area (Å²) in [6.45, 7) is 1.95. The highest BCUT2D eigenvalue weighted by molar-refractivity contribution is 7.09. The van der Waals surface area contributed by atoms with Gasteiger partial charge in [-0.2, -0.15) is 5.10 Å². The van der Waals surface area contributed by atoms with Gasteiger partial charge in [0.25, 0.3) is 0 Å². The van der Waals surface area contributed by atoms with Crippen LogP contribution in [0.1, 0.15) is 22.7 Å². The number of thiazole rings is 1. The summed E-state index contributed by atoms with van der Waals surface area (Å²) in [6, 6.07) is 0. The number of carbonyl (C=O) groups excluding carboxylic acids is 1. The molecule has 2 rings (SSSR count). The van der Waals surface area contributed by atoms with Crippen molar-refractivity contribution in [3.8, 4) is 0 Å². The van der Waals surface area contributed by atoms with Crippen molar-refractivity contribution >= 4 is 17.1 Å². The molecule has 0 saturated heterocycles. The van der Waals surface area contributed by atoms with Gasteiger partial charge < -0.3 is 0 Å². The average molecular weight is 249 g/mol. The van der Waals surface area contributed by atoms with Crippen LogP contribution in [0.25, 0.3) is 0 Å². The second kappa shape index (κ2) is 5.23. The smallest absolute Gasteiger partial charge is 0.139 e. The Morgan fingerprint density at radius 3 is 2.94 bits per heavy atom. The molecule has 17 heavy (non-hydrogen) atoms. The standard InChI is InChI=1S/C12H15N3OS/c1-9-14-11(8-17-9)5-12(16)4-3-10-6-13-15(2)7-10/h6-8H,3-5H2,1-2H3. The Morgan fingerprint density at radius 1 is 1.53 bits per heavy atom. The van der Waals surface area contributed by atoms with E-state index >= 15 is 0 Å². The van der Waals surface area contributed by atoms with Crippen molar-refractivity contribution in [1.82, 2.24) is 14.8 Å². The summed E-state index contributed by atoms with van der Waals surface area (Å²) in [5.41, 5.74) is 2.00. The summed E-state index contributed by atoms with van der Waals surface area (Å²) in [7, 11) is 1.88. The molecule has 0 unspecified atom stereocenters. The van der Waals surface area contributed by atoms with Crippen LogP contribution in [-0.2, 0) is 24.7 Å². The van der Waals surface area contributed by atoms with Crippen molar-refractivity contribution in [3.05, 3.63) is 34.0 Å². The molecule has 0 bridgehead atoms. The van der Waals surface area contributed by atoms with Gasteiger partial charge in [-0.25, -0.2) is 4.98 Å². The minimum absolute atomic E-state index is 0.235. The van der Waals surface area contributed by atoms with Crippen molar-refractivity contribution in [2.75, 3.05) is 0 Å². The molecule has 90 valence electrons. The van der Waals surface area contributed by atoms with Crippen molar-refractivity contribution < 1.29 is 4.79 Å². The molecule has 0 spiro atoms. The quantitative estimate of drug-likeness (QED) is 0.813. The summed E-state index contributed by atoms with van der Waals surface area (Å²) in [5.74, 6) is 0.235. The molecule has 0 aliphatic rings. The Labute approximate surface area is 104 Å². The van der Waals surface area contributed by atoms with Gasteiger partial charge in [0.15, 0.2) is 0 Å². The van der Waals surface area contributed by atoms with E-state index in [4.69, 9.17) is 0 Å². The number of Topliss-reactive ketones (excluding diaryl/α,β-unsaturated/α-hetero) is 1. The number of aromatic nitrogens is 3. The lowest BCUT2D eigenvalue weighted by Crippen LogP contribution is -2.04. The van der Waals surface area contributed by atoms with Gasteiger partial charge in [0.2, 0.25) is 0 Å². The number of ketones is 1. The van der Waals surface area contributed by atoms with E-state index in [-0.39, 0.29) is 5.78 Å². The van der Waals surface area contributed by atoms with Crippen LogP contribution in [-0.4, -0.2) is 20.5 Å². The highest BCUT2D eigenvalue weighted by Crippen LogP contribution is 2.10. The van der Waals surface area contributed by atoms with E-state index in [2.05, 4.69) is 10.1 Å². The summed E-state index contributed by atoms with van der Waals surface area (Å²) >= 11 is 1.59. The minimum Gasteiger partial charge on any atom is -0.299 e. The number of aryl methyl sites for hydroxylation is 3. The molecule has 0 fully saturated rings. The molecule has 0 aliphatic carbocycles. The summed E-state index contributed by atoms with van der Waals surface area (Å²) in [5, 5.41) is 7.05. The zero-order valence-electron chi connectivity index (χ0n) is 10.0. The maximum Gasteiger partial charge on any atom is 0.139 e. The van der Waals surface area contributed by atoms with Crippen LogP contribution in [0.2, 0.25) is 0 Å². The van der Waals surface area contributed by atoms with Crippen molar-refractivity contribution in [3.63, 3.8) is 0 Å². The SMILES string of the molecule is Cc1nc(CC(=O)CCc2cnn(C)c2)cs1. The Morgan fingerprint density at radius 2 is 2.35 bits per heavy atom. The largest absolute Gasteiger partial charge is 0.299 e. The van der Waals surface area contributed by atoms with Crippen molar-refractivity contribution in [2.24, 2.45) is 7.05 Å². The van der Waals surface area contributed by atoms with Gasteiger partial charge >= 0.3 is 0 Å². The summed E-state index contributed by atoms with van der Waals surface area (Å²) in [6.07, 6.45) is 5.52. The maximum atomic E-state index is 11.7. The molecule has 2 aromatic heterocycles. The molecule has 0 aromatic carbocycles. The van der Waals surface area contributed by atoms with Crippen LogP contribution in [0.15, 0.2) is 17.8 Å². The van der Waals surface area contributed by atoms with Crippen LogP contribution in [0.3, 0.4) is 0 Å². The first-order chi connectivity index (χ1) is 8.13. The van der Waals surface area contributed by atoms with Crippen molar-refractivity contribution in [2.45, 2.75) is 26.2 Å².